The first-order chi connectivity index (χ1) is 12.9. The number of carbonyl (C=O) groups excluding carboxylic acids is 1. The maximum atomic E-state index is 12.4. The molecule has 0 bridgehead atoms. The Hall–Kier alpha value is -2.67. The minimum Gasteiger partial charge on any atom is -0.496 e. The van der Waals surface area contributed by atoms with E-state index in [4.69, 9.17) is 14.2 Å². The summed E-state index contributed by atoms with van der Waals surface area (Å²) < 4.78 is 15.8. The topological polar surface area (TPSA) is 87.9 Å². The smallest absolute Gasteiger partial charge is 0.313 e. The van der Waals surface area contributed by atoms with Crippen LogP contribution in [-0.4, -0.2) is 43.4 Å². The molecular formula is C20H23NO6. The third-order valence-electron chi connectivity index (χ3n) is 4.96. The van der Waals surface area contributed by atoms with E-state index in [1.807, 2.05) is 37.3 Å². The van der Waals surface area contributed by atoms with Crippen molar-refractivity contribution in [2.24, 2.45) is 5.41 Å². The van der Waals surface area contributed by atoms with Crippen molar-refractivity contribution in [1.82, 2.24) is 0 Å². The van der Waals surface area contributed by atoms with Gasteiger partial charge in [0, 0.05) is 15.9 Å². The number of ether oxygens (including phenoxy) is 3. The van der Waals surface area contributed by atoms with E-state index >= 15 is 0 Å². The molecular weight excluding hydrogens is 350 g/mol. The standard InChI is InChI=1S/C20H23NO6/c1-19(12-26-13-19)14-27-18(22)11-20(21(23)24)9-8-17(25-2)16(10-20)15-6-4-3-5-7-15/h3-9H,10-14H2,1-2H3. The summed E-state index contributed by atoms with van der Waals surface area (Å²) in [6.07, 6.45) is 2.73. The van der Waals surface area contributed by atoms with Crippen molar-refractivity contribution in [2.45, 2.75) is 25.3 Å². The number of esters is 1. The van der Waals surface area contributed by atoms with Crippen LogP contribution in [0.25, 0.3) is 5.57 Å². The fourth-order valence-electron chi connectivity index (χ4n) is 3.26. The third kappa shape index (κ3) is 4.03. The summed E-state index contributed by atoms with van der Waals surface area (Å²) in [6.45, 7) is 3.21. The van der Waals surface area contributed by atoms with Gasteiger partial charge in [0.25, 0.3) is 5.54 Å². The van der Waals surface area contributed by atoms with Crippen LogP contribution >= 0.6 is 0 Å². The van der Waals surface area contributed by atoms with Gasteiger partial charge in [0.05, 0.1) is 26.7 Å². The average Bonchev–Trinajstić information content (AvgIpc) is 2.65. The minimum atomic E-state index is -1.55. The molecule has 1 aromatic rings. The summed E-state index contributed by atoms with van der Waals surface area (Å²) in [5.41, 5.74) is -0.221. The number of nitrogens with zero attached hydrogens (tertiary/aromatic N) is 1. The summed E-state index contributed by atoms with van der Waals surface area (Å²) in [5.74, 6) is -0.0241. The number of allylic oxidation sites excluding steroid dienone is 1. The summed E-state index contributed by atoms with van der Waals surface area (Å²) in [5, 5.41) is 11.9. The van der Waals surface area contributed by atoms with Gasteiger partial charge in [-0.2, -0.15) is 0 Å². The molecule has 1 saturated heterocycles. The van der Waals surface area contributed by atoms with Gasteiger partial charge in [-0.3, -0.25) is 14.9 Å². The van der Waals surface area contributed by atoms with Gasteiger partial charge in [0.1, 0.15) is 18.8 Å². The second kappa shape index (κ2) is 7.52. The van der Waals surface area contributed by atoms with Gasteiger partial charge in [-0.05, 0) is 17.7 Å². The number of carbonyl (C=O) groups is 1. The van der Waals surface area contributed by atoms with E-state index in [0.29, 0.717) is 24.5 Å². The quantitative estimate of drug-likeness (QED) is 0.415. The highest BCUT2D eigenvalue weighted by Crippen LogP contribution is 2.38. The van der Waals surface area contributed by atoms with Crippen LogP contribution in [0.4, 0.5) is 0 Å². The Kier molecular flexibility index (Phi) is 5.32. The Labute approximate surface area is 157 Å². The summed E-state index contributed by atoms with van der Waals surface area (Å²) >= 11 is 0. The van der Waals surface area contributed by atoms with Crippen molar-refractivity contribution < 1.29 is 23.9 Å². The van der Waals surface area contributed by atoms with E-state index in [2.05, 4.69) is 0 Å². The minimum absolute atomic E-state index is 0.0547. The van der Waals surface area contributed by atoms with Crippen LogP contribution in [0.3, 0.4) is 0 Å². The lowest BCUT2D eigenvalue weighted by Crippen LogP contribution is -2.45. The van der Waals surface area contributed by atoms with Crippen LogP contribution in [0, 0.1) is 15.5 Å². The molecule has 0 spiro atoms. The van der Waals surface area contributed by atoms with Crippen LogP contribution in [0.2, 0.25) is 0 Å². The van der Waals surface area contributed by atoms with Gasteiger partial charge < -0.3 is 14.2 Å². The van der Waals surface area contributed by atoms with Crippen LogP contribution in [0.5, 0.6) is 0 Å². The number of hydrogen-bond acceptors (Lipinski definition) is 6. The van der Waals surface area contributed by atoms with Crippen molar-refractivity contribution in [3.8, 4) is 0 Å². The number of hydrogen-bond donors (Lipinski definition) is 0. The van der Waals surface area contributed by atoms with Gasteiger partial charge >= 0.3 is 5.97 Å². The molecule has 27 heavy (non-hydrogen) atoms. The molecule has 0 aromatic heterocycles. The highest BCUT2D eigenvalue weighted by Gasteiger charge is 2.47. The largest absolute Gasteiger partial charge is 0.496 e. The second-order valence-electron chi connectivity index (χ2n) is 7.42. The zero-order valence-corrected chi connectivity index (χ0v) is 15.5. The van der Waals surface area contributed by atoms with Gasteiger partial charge in [-0.25, -0.2) is 0 Å². The number of benzene rings is 1. The van der Waals surface area contributed by atoms with Crippen molar-refractivity contribution in [3.63, 3.8) is 0 Å². The zero-order valence-electron chi connectivity index (χ0n) is 15.5. The van der Waals surface area contributed by atoms with Crippen LogP contribution < -0.4 is 0 Å². The molecule has 144 valence electrons. The van der Waals surface area contributed by atoms with Crippen molar-refractivity contribution in [3.05, 3.63) is 63.9 Å². The van der Waals surface area contributed by atoms with Crippen molar-refractivity contribution in [2.75, 3.05) is 26.9 Å². The Morgan fingerprint density at radius 3 is 2.56 bits per heavy atom. The molecule has 1 unspecified atom stereocenters. The third-order valence-corrected chi connectivity index (χ3v) is 4.96. The lowest BCUT2D eigenvalue weighted by molar-refractivity contribution is -0.553. The fraction of sp³-hybridized carbons (Fsp3) is 0.450. The fourth-order valence-corrected chi connectivity index (χ4v) is 3.26. The first kappa shape index (κ1) is 19.1. The second-order valence-corrected chi connectivity index (χ2v) is 7.42. The lowest BCUT2D eigenvalue weighted by atomic mass is 9.81. The zero-order chi connectivity index (χ0) is 19.5. The normalized spacial score (nSPS) is 23.5. The molecule has 1 aliphatic heterocycles. The first-order valence-electron chi connectivity index (χ1n) is 8.77. The number of rotatable bonds is 7. The highest BCUT2D eigenvalue weighted by atomic mass is 16.6. The van der Waals surface area contributed by atoms with Crippen LogP contribution in [0.1, 0.15) is 25.3 Å². The molecule has 1 aromatic carbocycles. The number of nitro groups is 1. The van der Waals surface area contributed by atoms with Gasteiger partial charge in [0.15, 0.2) is 0 Å². The maximum Gasteiger partial charge on any atom is 0.313 e. The van der Waals surface area contributed by atoms with Crippen molar-refractivity contribution >= 4 is 11.5 Å². The van der Waals surface area contributed by atoms with Gasteiger partial charge in [-0.15, -0.1) is 0 Å². The summed E-state index contributed by atoms with van der Waals surface area (Å²) in [7, 11) is 1.53. The van der Waals surface area contributed by atoms with Gasteiger partial charge in [-0.1, -0.05) is 37.3 Å². The molecule has 1 atom stereocenters. The molecule has 7 heteroatoms. The van der Waals surface area contributed by atoms with Crippen LogP contribution in [0.15, 0.2) is 48.2 Å². The Balaban J connectivity index is 1.78. The molecule has 0 amide bonds. The summed E-state index contributed by atoms with van der Waals surface area (Å²) in [4.78, 5) is 23.9. The van der Waals surface area contributed by atoms with Crippen molar-refractivity contribution in [1.29, 1.82) is 0 Å². The number of methoxy groups -OCH3 is 1. The van der Waals surface area contributed by atoms with E-state index in [9.17, 15) is 14.9 Å². The first-order valence-corrected chi connectivity index (χ1v) is 8.77. The maximum absolute atomic E-state index is 12.4. The molecule has 2 aliphatic rings. The molecule has 0 N–H and O–H groups in total. The molecule has 0 radical (unpaired) electrons. The Morgan fingerprint density at radius 2 is 2.00 bits per heavy atom. The van der Waals surface area contributed by atoms with E-state index in [-0.39, 0.29) is 24.9 Å². The predicted octanol–water partition coefficient (Wildman–Crippen LogP) is 2.99. The molecule has 0 saturated carbocycles. The molecule has 1 fully saturated rings. The van der Waals surface area contributed by atoms with Crippen LogP contribution in [-0.2, 0) is 19.0 Å². The van der Waals surface area contributed by atoms with E-state index in [1.54, 1.807) is 6.08 Å². The average molecular weight is 373 g/mol. The van der Waals surface area contributed by atoms with E-state index < -0.39 is 16.4 Å². The van der Waals surface area contributed by atoms with Gasteiger partial charge in [0.2, 0.25) is 0 Å². The Morgan fingerprint density at radius 1 is 1.30 bits per heavy atom. The monoisotopic (exact) mass is 373 g/mol. The highest BCUT2D eigenvalue weighted by molar-refractivity contribution is 5.76. The van der Waals surface area contributed by atoms with E-state index in [1.165, 1.54) is 13.2 Å². The molecule has 1 heterocycles. The SMILES string of the molecule is COC1=C(c2ccccc2)CC(CC(=O)OCC2(C)COC2)([N+](=O)[O-])C=C1. The summed E-state index contributed by atoms with van der Waals surface area (Å²) in [6, 6.07) is 9.33. The predicted molar refractivity (Wildman–Crippen MR) is 98.4 cm³/mol. The molecule has 3 rings (SSSR count). The molecule has 7 nitrogen and oxygen atoms in total. The molecule has 1 aliphatic carbocycles. The lowest BCUT2D eigenvalue weighted by Gasteiger charge is -2.37. The Bertz CT molecular complexity index is 781. The van der Waals surface area contributed by atoms with E-state index in [0.717, 1.165) is 5.56 Å².